The third-order valence-electron chi connectivity index (χ3n) is 4.44. The van der Waals surface area contributed by atoms with Crippen molar-refractivity contribution in [2.24, 2.45) is 5.92 Å². The number of thiazole rings is 1. The number of rotatable bonds is 4. The van der Waals surface area contributed by atoms with Gasteiger partial charge in [-0.25, -0.2) is 4.98 Å². The van der Waals surface area contributed by atoms with Gasteiger partial charge in [-0.15, -0.1) is 0 Å². The van der Waals surface area contributed by atoms with Crippen LogP contribution in [0.15, 0.2) is 48.5 Å². The monoisotopic (exact) mass is 336 g/mol. The third kappa shape index (κ3) is 2.82. The van der Waals surface area contributed by atoms with Crippen LogP contribution in [-0.4, -0.2) is 10.9 Å². The van der Waals surface area contributed by atoms with E-state index in [-0.39, 0.29) is 11.8 Å². The number of hydrogen-bond donors (Lipinski definition) is 0. The minimum absolute atomic E-state index is 0.154. The SMILES string of the molecule is CC(C)c1ccc(N(C(=O)C2CC2)c2nc3ccccc3s2)cc1. The molecule has 0 atom stereocenters. The number of para-hydroxylation sites is 1. The molecule has 1 aromatic heterocycles. The molecule has 1 heterocycles. The van der Waals surface area contributed by atoms with Crippen LogP contribution in [0.1, 0.15) is 38.2 Å². The van der Waals surface area contributed by atoms with E-state index in [0.29, 0.717) is 5.92 Å². The van der Waals surface area contributed by atoms with Crippen LogP contribution in [0.2, 0.25) is 0 Å². The maximum absolute atomic E-state index is 12.9. The molecule has 3 aromatic rings. The van der Waals surface area contributed by atoms with Gasteiger partial charge in [-0.3, -0.25) is 9.69 Å². The van der Waals surface area contributed by atoms with Gasteiger partial charge >= 0.3 is 0 Å². The lowest BCUT2D eigenvalue weighted by molar-refractivity contribution is -0.119. The van der Waals surface area contributed by atoms with Crippen LogP contribution < -0.4 is 4.90 Å². The normalized spacial score (nSPS) is 14.3. The molecule has 122 valence electrons. The summed E-state index contributed by atoms with van der Waals surface area (Å²) in [5.41, 5.74) is 3.14. The van der Waals surface area contributed by atoms with E-state index in [4.69, 9.17) is 4.98 Å². The number of amides is 1. The summed E-state index contributed by atoms with van der Waals surface area (Å²) >= 11 is 1.58. The van der Waals surface area contributed by atoms with Crippen LogP contribution in [0.4, 0.5) is 10.8 Å². The topological polar surface area (TPSA) is 33.2 Å². The van der Waals surface area contributed by atoms with Gasteiger partial charge in [0, 0.05) is 5.92 Å². The van der Waals surface area contributed by atoms with E-state index in [1.807, 2.05) is 35.2 Å². The molecular weight excluding hydrogens is 316 g/mol. The molecule has 0 N–H and O–H groups in total. The second-order valence-electron chi connectivity index (χ2n) is 6.66. The Labute approximate surface area is 146 Å². The van der Waals surface area contributed by atoms with Gasteiger partial charge in [0.1, 0.15) is 0 Å². The molecule has 1 amide bonds. The van der Waals surface area contributed by atoms with Crippen molar-refractivity contribution >= 4 is 38.3 Å². The molecule has 24 heavy (non-hydrogen) atoms. The molecule has 1 saturated carbocycles. The van der Waals surface area contributed by atoms with Crippen molar-refractivity contribution in [3.05, 3.63) is 54.1 Å². The van der Waals surface area contributed by atoms with E-state index >= 15 is 0 Å². The number of fused-ring (bicyclic) bond motifs is 1. The quantitative estimate of drug-likeness (QED) is 0.631. The first-order chi connectivity index (χ1) is 11.6. The fourth-order valence-electron chi connectivity index (χ4n) is 2.81. The Balaban J connectivity index is 1.77. The molecule has 0 saturated heterocycles. The molecule has 1 fully saturated rings. The van der Waals surface area contributed by atoms with Crippen molar-refractivity contribution in [1.82, 2.24) is 4.98 Å². The highest BCUT2D eigenvalue weighted by atomic mass is 32.1. The summed E-state index contributed by atoms with van der Waals surface area (Å²) in [5, 5.41) is 0.769. The van der Waals surface area contributed by atoms with Crippen LogP contribution >= 0.6 is 11.3 Å². The highest BCUT2D eigenvalue weighted by molar-refractivity contribution is 7.22. The number of carbonyl (C=O) groups is 1. The summed E-state index contributed by atoms with van der Waals surface area (Å²) in [6, 6.07) is 16.4. The molecule has 1 aliphatic rings. The Morgan fingerprint density at radius 3 is 2.46 bits per heavy atom. The van der Waals surface area contributed by atoms with Crippen molar-refractivity contribution < 1.29 is 4.79 Å². The van der Waals surface area contributed by atoms with E-state index in [9.17, 15) is 4.79 Å². The minimum Gasteiger partial charge on any atom is -0.274 e. The van der Waals surface area contributed by atoms with Crippen LogP contribution in [0.25, 0.3) is 10.2 Å². The van der Waals surface area contributed by atoms with Gasteiger partial charge in [-0.05, 0) is 48.6 Å². The summed E-state index contributed by atoms with van der Waals surface area (Å²) in [4.78, 5) is 19.4. The maximum Gasteiger partial charge on any atom is 0.236 e. The van der Waals surface area contributed by atoms with E-state index in [1.165, 1.54) is 5.56 Å². The molecule has 0 spiro atoms. The molecule has 3 nitrogen and oxygen atoms in total. The number of aromatic nitrogens is 1. The van der Waals surface area contributed by atoms with Gasteiger partial charge in [0.05, 0.1) is 15.9 Å². The zero-order valence-corrected chi connectivity index (χ0v) is 14.7. The van der Waals surface area contributed by atoms with Crippen molar-refractivity contribution in [3.8, 4) is 0 Å². The standard InChI is InChI=1S/C20H20N2OS/c1-13(2)14-9-11-16(12-10-14)22(19(23)15-7-8-15)20-21-17-5-3-4-6-18(17)24-20/h3-6,9-13,15H,7-8H2,1-2H3. The summed E-state index contributed by atoms with van der Waals surface area (Å²) in [7, 11) is 0. The summed E-state index contributed by atoms with van der Waals surface area (Å²) in [5.74, 6) is 0.808. The summed E-state index contributed by atoms with van der Waals surface area (Å²) in [6.07, 6.45) is 1.98. The minimum atomic E-state index is 0.154. The first kappa shape index (κ1) is 15.3. The zero-order chi connectivity index (χ0) is 16.7. The average Bonchev–Trinajstić information content (AvgIpc) is 3.35. The zero-order valence-electron chi connectivity index (χ0n) is 13.9. The van der Waals surface area contributed by atoms with Gasteiger partial charge in [-0.1, -0.05) is 49.4 Å². The maximum atomic E-state index is 12.9. The van der Waals surface area contributed by atoms with Crippen molar-refractivity contribution in [3.63, 3.8) is 0 Å². The molecule has 0 radical (unpaired) electrons. The molecule has 4 heteroatoms. The van der Waals surface area contributed by atoms with Crippen LogP contribution in [0, 0.1) is 5.92 Å². The van der Waals surface area contributed by atoms with Crippen molar-refractivity contribution in [2.75, 3.05) is 4.90 Å². The number of hydrogen-bond acceptors (Lipinski definition) is 3. The fourth-order valence-corrected chi connectivity index (χ4v) is 3.80. The van der Waals surface area contributed by atoms with Gasteiger partial charge < -0.3 is 0 Å². The number of nitrogens with zero attached hydrogens (tertiary/aromatic N) is 2. The number of benzene rings is 2. The first-order valence-electron chi connectivity index (χ1n) is 8.43. The molecule has 0 aliphatic heterocycles. The second-order valence-corrected chi connectivity index (χ2v) is 7.67. The Kier molecular flexibility index (Phi) is 3.85. The lowest BCUT2D eigenvalue weighted by atomic mass is 10.0. The fraction of sp³-hybridized carbons (Fsp3) is 0.300. The predicted molar refractivity (Wildman–Crippen MR) is 100 cm³/mol. The smallest absolute Gasteiger partial charge is 0.236 e. The van der Waals surface area contributed by atoms with E-state index in [2.05, 4.69) is 32.0 Å². The Bertz CT molecular complexity index is 845. The molecule has 0 bridgehead atoms. The second kappa shape index (κ2) is 6.02. The molecule has 1 aliphatic carbocycles. The van der Waals surface area contributed by atoms with Crippen molar-refractivity contribution in [1.29, 1.82) is 0 Å². The first-order valence-corrected chi connectivity index (χ1v) is 9.24. The lowest BCUT2D eigenvalue weighted by Gasteiger charge is -2.20. The summed E-state index contributed by atoms with van der Waals surface area (Å²) < 4.78 is 1.11. The highest BCUT2D eigenvalue weighted by Crippen LogP contribution is 2.39. The number of carbonyl (C=O) groups excluding carboxylic acids is 1. The largest absolute Gasteiger partial charge is 0.274 e. The molecule has 0 unspecified atom stereocenters. The lowest BCUT2D eigenvalue weighted by Crippen LogP contribution is -2.27. The molecule has 4 rings (SSSR count). The van der Waals surface area contributed by atoms with Gasteiger partial charge in [-0.2, -0.15) is 0 Å². The highest BCUT2D eigenvalue weighted by Gasteiger charge is 2.36. The van der Waals surface area contributed by atoms with E-state index in [0.717, 1.165) is 33.9 Å². The Morgan fingerprint density at radius 2 is 1.83 bits per heavy atom. The number of anilines is 2. The van der Waals surface area contributed by atoms with Gasteiger partial charge in [0.2, 0.25) is 5.91 Å². The molecular formula is C20H20N2OS. The third-order valence-corrected chi connectivity index (χ3v) is 5.46. The Hall–Kier alpha value is -2.20. The predicted octanol–water partition coefficient (Wildman–Crippen LogP) is 5.49. The molecule has 2 aromatic carbocycles. The Morgan fingerprint density at radius 1 is 1.12 bits per heavy atom. The summed E-state index contributed by atoms with van der Waals surface area (Å²) in [6.45, 7) is 4.35. The average molecular weight is 336 g/mol. The van der Waals surface area contributed by atoms with Crippen LogP contribution in [0.3, 0.4) is 0 Å². The van der Waals surface area contributed by atoms with Gasteiger partial charge in [0.15, 0.2) is 5.13 Å². The van der Waals surface area contributed by atoms with Crippen LogP contribution in [-0.2, 0) is 4.79 Å². The van der Waals surface area contributed by atoms with Gasteiger partial charge in [0.25, 0.3) is 0 Å². The van der Waals surface area contributed by atoms with Crippen LogP contribution in [0.5, 0.6) is 0 Å². The van der Waals surface area contributed by atoms with E-state index < -0.39 is 0 Å². The van der Waals surface area contributed by atoms with E-state index in [1.54, 1.807) is 11.3 Å². The van der Waals surface area contributed by atoms with Crippen molar-refractivity contribution in [2.45, 2.75) is 32.6 Å².